The molecule has 0 saturated carbocycles. The van der Waals surface area contributed by atoms with Gasteiger partial charge in [-0.05, 0) is 26.5 Å². The van der Waals surface area contributed by atoms with Gasteiger partial charge in [0, 0.05) is 56.2 Å². The van der Waals surface area contributed by atoms with E-state index >= 15 is 0 Å². The fourth-order valence-electron chi connectivity index (χ4n) is 3.76. The molecule has 2 aromatic heterocycles. The third-order valence-corrected chi connectivity index (χ3v) is 5.71. The zero-order valence-corrected chi connectivity index (χ0v) is 15.4. The SMILES string of the molecule is CSc1nc(C)c(C)c(N2CC3CC(C2)N3Cc2cn(C)nn2)n1. The van der Waals surface area contributed by atoms with Gasteiger partial charge in [-0.3, -0.25) is 9.58 Å². The number of fused-ring (bicyclic) bond motifs is 2. The number of nitrogens with zero attached hydrogens (tertiary/aromatic N) is 7. The molecule has 2 aromatic rings. The molecule has 3 aliphatic rings. The minimum absolute atomic E-state index is 0.582. The van der Waals surface area contributed by atoms with Crippen molar-refractivity contribution >= 4 is 17.6 Å². The van der Waals surface area contributed by atoms with Crippen molar-refractivity contribution < 1.29 is 0 Å². The fraction of sp³-hybridized carbons (Fsp3) is 0.625. The second kappa shape index (κ2) is 6.00. The van der Waals surface area contributed by atoms with Crippen molar-refractivity contribution in [2.24, 2.45) is 7.05 Å². The van der Waals surface area contributed by atoms with E-state index in [0.717, 1.165) is 42.0 Å². The monoisotopic (exact) mass is 345 g/mol. The highest BCUT2D eigenvalue weighted by atomic mass is 32.2. The van der Waals surface area contributed by atoms with Crippen LogP contribution < -0.4 is 4.90 Å². The Kier molecular flexibility index (Phi) is 3.96. The largest absolute Gasteiger partial charge is 0.353 e. The summed E-state index contributed by atoms with van der Waals surface area (Å²) in [6.07, 6.45) is 5.31. The van der Waals surface area contributed by atoms with Gasteiger partial charge < -0.3 is 4.90 Å². The summed E-state index contributed by atoms with van der Waals surface area (Å²) < 4.78 is 1.77. The van der Waals surface area contributed by atoms with Crippen LogP contribution >= 0.6 is 11.8 Å². The Morgan fingerprint density at radius 3 is 2.58 bits per heavy atom. The Hall–Kier alpha value is -1.67. The normalized spacial score (nSPS) is 23.4. The van der Waals surface area contributed by atoms with E-state index < -0.39 is 0 Å². The van der Waals surface area contributed by atoms with Gasteiger partial charge in [0.05, 0.1) is 5.69 Å². The lowest BCUT2D eigenvalue weighted by Gasteiger charge is -2.56. The Morgan fingerprint density at radius 1 is 1.21 bits per heavy atom. The Labute approximate surface area is 146 Å². The molecule has 3 fully saturated rings. The van der Waals surface area contributed by atoms with Crippen molar-refractivity contribution in [2.45, 2.75) is 44.1 Å². The summed E-state index contributed by atoms with van der Waals surface area (Å²) in [5.41, 5.74) is 3.34. The molecule has 3 saturated heterocycles. The van der Waals surface area contributed by atoms with E-state index in [1.807, 2.05) is 19.5 Å². The molecular formula is C16H23N7S. The third-order valence-electron chi connectivity index (χ3n) is 5.16. The Morgan fingerprint density at radius 2 is 1.96 bits per heavy atom. The first-order valence-corrected chi connectivity index (χ1v) is 9.52. The van der Waals surface area contributed by atoms with E-state index in [1.54, 1.807) is 16.4 Å². The minimum Gasteiger partial charge on any atom is -0.353 e. The molecule has 5 rings (SSSR count). The van der Waals surface area contributed by atoms with Gasteiger partial charge in [0.25, 0.3) is 0 Å². The van der Waals surface area contributed by atoms with Crippen molar-refractivity contribution in [1.82, 2.24) is 29.9 Å². The van der Waals surface area contributed by atoms with Crippen LogP contribution in [0.4, 0.5) is 5.82 Å². The van der Waals surface area contributed by atoms with Crippen molar-refractivity contribution in [3.8, 4) is 0 Å². The van der Waals surface area contributed by atoms with E-state index in [1.165, 1.54) is 12.0 Å². The van der Waals surface area contributed by atoms with E-state index in [-0.39, 0.29) is 0 Å². The smallest absolute Gasteiger partial charge is 0.189 e. The molecule has 0 radical (unpaired) electrons. The predicted octanol–water partition coefficient (Wildman–Crippen LogP) is 1.41. The number of piperazine rings is 1. The van der Waals surface area contributed by atoms with Crippen LogP contribution in [0.5, 0.6) is 0 Å². The second-order valence-corrected chi connectivity index (χ2v) is 7.52. The van der Waals surface area contributed by atoms with Gasteiger partial charge >= 0.3 is 0 Å². The number of rotatable bonds is 4. The first-order valence-electron chi connectivity index (χ1n) is 8.30. The summed E-state index contributed by atoms with van der Waals surface area (Å²) in [7, 11) is 1.92. The van der Waals surface area contributed by atoms with Gasteiger partial charge in [-0.25, -0.2) is 9.97 Å². The van der Waals surface area contributed by atoms with Gasteiger partial charge in [0.2, 0.25) is 0 Å². The van der Waals surface area contributed by atoms with Crippen LogP contribution in [0.15, 0.2) is 11.4 Å². The van der Waals surface area contributed by atoms with E-state index in [2.05, 4.69) is 38.9 Å². The molecular weight excluding hydrogens is 322 g/mol. The maximum atomic E-state index is 4.78. The molecule has 0 aliphatic carbocycles. The molecule has 0 aromatic carbocycles. The summed E-state index contributed by atoms with van der Waals surface area (Å²) in [6, 6.07) is 1.16. The molecule has 2 bridgehead atoms. The number of aryl methyl sites for hydroxylation is 2. The third kappa shape index (κ3) is 2.67. The van der Waals surface area contributed by atoms with E-state index in [4.69, 9.17) is 4.98 Å². The van der Waals surface area contributed by atoms with Crippen LogP contribution in [0.2, 0.25) is 0 Å². The molecule has 3 aliphatic heterocycles. The quantitative estimate of drug-likeness (QED) is 0.613. The molecule has 2 unspecified atom stereocenters. The first kappa shape index (κ1) is 15.8. The number of hydrogen-bond acceptors (Lipinski definition) is 7. The average molecular weight is 345 g/mol. The zero-order valence-electron chi connectivity index (χ0n) is 14.6. The highest BCUT2D eigenvalue weighted by Gasteiger charge is 2.45. The Balaban J connectivity index is 1.49. The highest BCUT2D eigenvalue weighted by molar-refractivity contribution is 7.98. The maximum Gasteiger partial charge on any atom is 0.189 e. The second-order valence-electron chi connectivity index (χ2n) is 6.75. The molecule has 0 spiro atoms. The number of piperidine rings is 1. The highest BCUT2D eigenvalue weighted by Crippen LogP contribution is 2.36. The lowest BCUT2D eigenvalue weighted by molar-refractivity contribution is -0.00979. The predicted molar refractivity (Wildman–Crippen MR) is 94.2 cm³/mol. The van der Waals surface area contributed by atoms with Crippen LogP contribution in [-0.2, 0) is 13.6 Å². The summed E-state index contributed by atoms with van der Waals surface area (Å²) in [4.78, 5) is 14.3. The lowest BCUT2D eigenvalue weighted by Crippen LogP contribution is -2.68. The minimum atomic E-state index is 0.582. The van der Waals surface area contributed by atoms with Crippen LogP contribution in [0, 0.1) is 13.8 Å². The topological polar surface area (TPSA) is 63.0 Å². The Bertz CT molecular complexity index is 747. The van der Waals surface area contributed by atoms with Gasteiger partial charge in [-0.1, -0.05) is 17.0 Å². The average Bonchev–Trinajstić information content (AvgIpc) is 3.00. The molecule has 0 amide bonds. The summed E-state index contributed by atoms with van der Waals surface area (Å²) >= 11 is 1.61. The molecule has 128 valence electrons. The number of hydrogen-bond donors (Lipinski definition) is 0. The fourth-order valence-corrected chi connectivity index (χ4v) is 4.17. The first-order chi connectivity index (χ1) is 11.5. The van der Waals surface area contributed by atoms with Crippen LogP contribution in [0.1, 0.15) is 23.4 Å². The summed E-state index contributed by atoms with van der Waals surface area (Å²) in [5.74, 6) is 1.11. The summed E-state index contributed by atoms with van der Waals surface area (Å²) in [6.45, 7) is 7.16. The molecule has 24 heavy (non-hydrogen) atoms. The van der Waals surface area contributed by atoms with Crippen molar-refractivity contribution in [2.75, 3.05) is 24.2 Å². The van der Waals surface area contributed by atoms with Crippen molar-refractivity contribution in [3.63, 3.8) is 0 Å². The number of anilines is 1. The number of aromatic nitrogens is 5. The molecule has 0 N–H and O–H groups in total. The van der Waals surface area contributed by atoms with E-state index in [0.29, 0.717) is 12.1 Å². The standard InChI is InChI=1S/C16H23N7S/c1-10-11(2)17-16(24-4)18-15(10)22-8-13-5-14(9-22)23(13)7-12-6-21(3)20-19-12/h6,13-14H,5,7-9H2,1-4H3. The van der Waals surface area contributed by atoms with Gasteiger partial charge in [-0.2, -0.15) is 0 Å². The summed E-state index contributed by atoms with van der Waals surface area (Å²) in [5, 5.41) is 9.12. The van der Waals surface area contributed by atoms with Crippen LogP contribution in [0.3, 0.4) is 0 Å². The number of thioether (sulfide) groups is 1. The molecule has 2 atom stereocenters. The molecule has 7 nitrogen and oxygen atoms in total. The molecule has 8 heteroatoms. The molecule has 5 heterocycles. The van der Waals surface area contributed by atoms with Crippen LogP contribution in [-0.4, -0.2) is 61.3 Å². The van der Waals surface area contributed by atoms with Crippen molar-refractivity contribution in [3.05, 3.63) is 23.1 Å². The van der Waals surface area contributed by atoms with Gasteiger partial charge in [-0.15, -0.1) is 5.10 Å². The zero-order chi connectivity index (χ0) is 16.8. The van der Waals surface area contributed by atoms with Crippen LogP contribution in [0.25, 0.3) is 0 Å². The maximum absolute atomic E-state index is 4.78. The van der Waals surface area contributed by atoms with Gasteiger partial charge in [0.15, 0.2) is 5.16 Å². The van der Waals surface area contributed by atoms with E-state index in [9.17, 15) is 0 Å². The van der Waals surface area contributed by atoms with Crippen molar-refractivity contribution in [1.29, 1.82) is 0 Å². The van der Waals surface area contributed by atoms with Gasteiger partial charge in [0.1, 0.15) is 5.82 Å². The lowest BCUT2D eigenvalue weighted by atomic mass is 9.87.